The Kier molecular flexibility index (Phi) is 5.59. The number of aryl methyl sites for hydroxylation is 2. The Labute approximate surface area is 161 Å². The van der Waals surface area contributed by atoms with E-state index in [0.29, 0.717) is 40.2 Å². The quantitative estimate of drug-likeness (QED) is 0.626. The van der Waals surface area contributed by atoms with Gasteiger partial charge in [-0.1, -0.05) is 40.5 Å². The van der Waals surface area contributed by atoms with Crippen LogP contribution in [0, 0.1) is 13.8 Å². The third-order valence-corrected chi connectivity index (χ3v) is 4.59. The van der Waals surface area contributed by atoms with Gasteiger partial charge in [-0.05, 0) is 43.2 Å². The van der Waals surface area contributed by atoms with Crippen LogP contribution >= 0.6 is 23.2 Å². The fraction of sp³-hybridized carbons (Fsp3) is 0.211. The van der Waals surface area contributed by atoms with E-state index in [1.807, 2.05) is 18.2 Å². The minimum Gasteiger partial charge on any atom is -0.361 e. The minimum absolute atomic E-state index is 0.170. The van der Waals surface area contributed by atoms with E-state index in [4.69, 9.17) is 27.7 Å². The summed E-state index contributed by atoms with van der Waals surface area (Å²) in [6, 6.07) is 9.00. The van der Waals surface area contributed by atoms with Crippen LogP contribution in [0.5, 0.6) is 0 Å². The van der Waals surface area contributed by atoms with Gasteiger partial charge in [0.25, 0.3) is 5.91 Å². The Morgan fingerprint density at radius 1 is 1.19 bits per heavy atom. The SMILES string of the molecule is Cc1noc(C)c1C(=O)N(Cc1cccnc1)Cc1ccc(Cl)cc1Cl. The number of benzene rings is 1. The number of aromatic nitrogens is 2. The van der Waals surface area contributed by atoms with Crippen molar-refractivity contribution in [2.24, 2.45) is 0 Å². The Morgan fingerprint density at radius 2 is 2.00 bits per heavy atom. The zero-order valence-corrected chi connectivity index (χ0v) is 15.9. The van der Waals surface area contributed by atoms with E-state index in [2.05, 4.69) is 10.1 Å². The molecule has 0 saturated heterocycles. The average molecular weight is 390 g/mol. The Bertz CT molecular complexity index is 906. The Hall–Kier alpha value is -2.37. The van der Waals surface area contributed by atoms with Gasteiger partial charge in [-0.2, -0.15) is 0 Å². The molecule has 1 amide bonds. The smallest absolute Gasteiger partial charge is 0.259 e. The highest BCUT2D eigenvalue weighted by Crippen LogP contribution is 2.25. The summed E-state index contributed by atoms with van der Waals surface area (Å²) in [6.45, 7) is 4.19. The maximum absolute atomic E-state index is 13.2. The first kappa shape index (κ1) is 18.4. The summed E-state index contributed by atoms with van der Waals surface area (Å²) in [7, 11) is 0. The van der Waals surface area contributed by atoms with Crippen LogP contribution in [0.4, 0.5) is 0 Å². The topological polar surface area (TPSA) is 59.2 Å². The second-order valence-corrected chi connectivity index (χ2v) is 6.80. The third kappa shape index (κ3) is 4.06. The van der Waals surface area contributed by atoms with Gasteiger partial charge in [-0.15, -0.1) is 0 Å². The van der Waals surface area contributed by atoms with Crippen molar-refractivity contribution in [1.82, 2.24) is 15.0 Å². The largest absolute Gasteiger partial charge is 0.361 e. The van der Waals surface area contributed by atoms with Crippen molar-refractivity contribution in [1.29, 1.82) is 0 Å². The molecule has 134 valence electrons. The van der Waals surface area contributed by atoms with Crippen LogP contribution in [0.3, 0.4) is 0 Å². The molecule has 26 heavy (non-hydrogen) atoms. The van der Waals surface area contributed by atoms with Gasteiger partial charge in [-0.25, -0.2) is 0 Å². The van der Waals surface area contributed by atoms with Crippen LogP contribution < -0.4 is 0 Å². The number of pyridine rings is 1. The molecule has 7 heteroatoms. The molecular formula is C19H17Cl2N3O2. The second-order valence-electron chi connectivity index (χ2n) is 5.96. The second kappa shape index (κ2) is 7.89. The number of hydrogen-bond donors (Lipinski definition) is 0. The number of nitrogens with zero attached hydrogens (tertiary/aromatic N) is 3. The summed E-state index contributed by atoms with van der Waals surface area (Å²) in [4.78, 5) is 19.0. The molecule has 1 aromatic carbocycles. The fourth-order valence-electron chi connectivity index (χ4n) is 2.71. The summed E-state index contributed by atoms with van der Waals surface area (Å²) >= 11 is 12.3. The van der Waals surface area contributed by atoms with Gasteiger partial charge >= 0.3 is 0 Å². The number of amides is 1. The van der Waals surface area contributed by atoms with Gasteiger partial charge in [0, 0.05) is 35.5 Å². The zero-order valence-electron chi connectivity index (χ0n) is 14.4. The van der Waals surface area contributed by atoms with Crippen molar-refractivity contribution in [3.05, 3.63) is 80.9 Å². The van der Waals surface area contributed by atoms with E-state index in [9.17, 15) is 4.79 Å². The van der Waals surface area contributed by atoms with Crippen LogP contribution in [0.25, 0.3) is 0 Å². The molecule has 0 radical (unpaired) electrons. The highest BCUT2D eigenvalue weighted by Gasteiger charge is 2.24. The van der Waals surface area contributed by atoms with E-state index in [1.54, 1.807) is 43.3 Å². The van der Waals surface area contributed by atoms with E-state index in [0.717, 1.165) is 11.1 Å². The predicted molar refractivity (Wildman–Crippen MR) is 100 cm³/mol. The molecule has 0 saturated carbocycles. The first-order valence-corrected chi connectivity index (χ1v) is 8.76. The van der Waals surface area contributed by atoms with Gasteiger partial charge < -0.3 is 9.42 Å². The molecule has 3 aromatic rings. The molecule has 2 aromatic heterocycles. The highest BCUT2D eigenvalue weighted by atomic mass is 35.5. The number of rotatable bonds is 5. The predicted octanol–water partition coefficient (Wildman–Crippen LogP) is 4.84. The molecule has 0 fully saturated rings. The third-order valence-electron chi connectivity index (χ3n) is 4.01. The molecule has 5 nitrogen and oxygen atoms in total. The minimum atomic E-state index is -0.170. The Morgan fingerprint density at radius 3 is 2.62 bits per heavy atom. The number of hydrogen-bond acceptors (Lipinski definition) is 4. The summed E-state index contributed by atoms with van der Waals surface area (Å²) in [5, 5.41) is 4.95. The molecule has 0 aliphatic heterocycles. The van der Waals surface area contributed by atoms with Crippen molar-refractivity contribution in [2.75, 3.05) is 0 Å². The molecular weight excluding hydrogens is 373 g/mol. The zero-order chi connectivity index (χ0) is 18.7. The van der Waals surface area contributed by atoms with Crippen molar-refractivity contribution < 1.29 is 9.32 Å². The highest BCUT2D eigenvalue weighted by molar-refractivity contribution is 6.35. The molecule has 0 aliphatic rings. The van der Waals surface area contributed by atoms with Crippen LogP contribution in [0.2, 0.25) is 10.0 Å². The standard InChI is InChI=1S/C19H17Cl2N3O2/c1-12-18(13(2)26-23-12)19(25)24(10-14-4-3-7-22-9-14)11-15-5-6-16(20)8-17(15)21/h3-9H,10-11H2,1-2H3. The molecule has 0 aliphatic carbocycles. The van der Waals surface area contributed by atoms with Gasteiger partial charge in [0.05, 0.1) is 5.69 Å². The Balaban J connectivity index is 1.94. The molecule has 3 rings (SSSR count). The molecule has 2 heterocycles. The number of carbonyl (C=O) groups is 1. The number of halogens is 2. The fourth-order valence-corrected chi connectivity index (χ4v) is 3.18. The first-order chi connectivity index (χ1) is 12.5. The lowest BCUT2D eigenvalue weighted by Gasteiger charge is -2.23. The van der Waals surface area contributed by atoms with Crippen LogP contribution in [0.1, 0.15) is 32.9 Å². The van der Waals surface area contributed by atoms with Gasteiger partial charge in [0.2, 0.25) is 0 Å². The van der Waals surface area contributed by atoms with Gasteiger partial charge in [-0.3, -0.25) is 9.78 Å². The molecule has 0 unspecified atom stereocenters. The van der Waals surface area contributed by atoms with Crippen molar-refractivity contribution >= 4 is 29.1 Å². The maximum Gasteiger partial charge on any atom is 0.259 e. The monoisotopic (exact) mass is 389 g/mol. The molecule has 0 N–H and O–H groups in total. The van der Waals surface area contributed by atoms with Crippen LogP contribution in [-0.2, 0) is 13.1 Å². The van der Waals surface area contributed by atoms with Crippen molar-refractivity contribution in [3.8, 4) is 0 Å². The van der Waals surface area contributed by atoms with E-state index in [1.165, 1.54) is 0 Å². The van der Waals surface area contributed by atoms with E-state index >= 15 is 0 Å². The lowest BCUT2D eigenvalue weighted by Crippen LogP contribution is -2.31. The summed E-state index contributed by atoms with van der Waals surface area (Å²) in [5.74, 6) is 0.321. The molecule has 0 atom stereocenters. The molecule has 0 bridgehead atoms. The normalized spacial score (nSPS) is 10.8. The van der Waals surface area contributed by atoms with Crippen LogP contribution in [-0.4, -0.2) is 20.9 Å². The van der Waals surface area contributed by atoms with Crippen molar-refractivity contribution in [3.63, 3.8) is 0 Å². The number of carbonyl (C=O) groups excluding carboxylic acids is 1. The van der Waals surface area contributed by atoms with E-state index in [-0.39, 0.29) is 5.91 Å². The average Bonchev–Trinajstić information content (AvgIpc) is 2.95. The molecule has 0 spiro atoms. The van der Waals surface area contributed by atoms with Gasteiger partial charge in [0.1, 0.15) is 11.3 Å². The summed E-state index contributed by atoms with van der Waals surface area (Å²) in [5.41, 5.74) is 2.75. The lowest BCUT2D eigenvalue weighted by molar-refractivity contribution is 0.0727. The van der Waals surface area contributed by atoms with Crippen molar-refractivity contribution in [2.45, 2.75) is 26.9 Å². The van der Waals surface area contributed by atoms with Gasteiger partial charge in [0.15, 0.2) is 0 Å². The van der Waals surface area contributed by atoms with E-state index < -0.39 is 0 Å². The lowest BCUT2D eigenvalue weighted by atomic mass is 10.1. The maximum atomic E-state index is 13.2. The summed E-state index contributed by atoms with van der Waals surface area (Å²) < 4.78 is 5.15. The van der Waals surface area contributed by atoms with Crippen LogP contribution in [0.15, 0.2) is 47.2 Å². The first-order valence-electron chi connectivity index (χ1n) is 8.00. The summed E-state index contributed by atoms with van der Waals surface area (Å²) in [6.07, 6.45) is 3.43.